The number of aryl methyl sites for hydroxylation is 2. The number of aromatic nitrogens is 4. The predicted molar refractivity (Wildman–Crippen MR) is 72.5 cm³/mol. The molecule has 3 N–H and O–H groups in total. The number of amides is 1. The highest BCUT2D eigenvalue weighted by Gasteiger charge is 2.10. The molecule has 1 amide bonds. The number of hydroxylamine groups is 1. The molecule has 0 aliphatic heterocycles. The molecule has 0 saturated carbocycles. The first kappa shape index (κ1) is 14.2. The second kappa shape index (κ2) is 6.29. The average molecular weight is 278 g/mol. The van der Waals surface area contributed by atoms with Crippen molar-refractivity contribution in [2.24, 2.45) is 0 Å². The van der Waals surface area contributed by atoms with E-state index in [2.05, 4.69) is 20.4 Å². The van der Waals surface area contributed by atoms with E-state index in [-0.39, 0.29) is 5.91 Å². The highest BCUT2D eigenvalue weighted by molar-refractivity contribution is 5.74. The van der Waals surface area contributed by atoms with E-state index in [1.807, 2.05) is 6.92 Å². The monoisotopic (exact) mass is 278 g/mol. The van der Waals surface area contributed by atoms with Crippen molar-refractivity contribution in [3.8, 4) is 0 Å². The van der Waals surface area contributed by atoms with E-state index >= 15 is 0 Å². The SMILES string of the molecule is CNc1nc(C)nc2c(CCCCC(=O)NO)cnn12. The summed E-state index contributed by atoms with van der Waals surface area (Å²) in [5, 5.41) is 15.7. The first-order chi connectivity index (χ1) is 9.65. The maximum absolute atomic E-state index is 10.9. The van der Waals surface area contributed by atoms with Gasteiger partial charge >= 0.3 is 0 Å². The van der Waals surface area contributed by atoms with Crippen molar-refractivity contribution < 1.29 is 10.0 Å². The van der Waals surface area contributed by atoms with Gasteiger partial charge in [0.1, 0.15) is 5.82 Å². The lowest BCUT2D eigenvalue weighted by Gasteiger charge is -2.04. The molecule has 2 heterocycles. The molecular weight excluding hydrogens is 260 g/mol. The maximum atomic E-state index is 10.9. The first-order valence-electron chi connectivity index (χ1n) is 6.47. The number of hydrogen-bond acceptors (Lipinski definition) is 6. The summed E-state index contributed by atoms with van der Waals surface area (Å²) in [5.74, 6) is 0.974. The number of rotatable bonds is 6. The second-order valence-electron chi connectivity index (χ2n) is 4.49. The highest BCUT2D eigenvalue weighted by Crippen LogP contribution is 2.15. The molecule has 8 nitrogen and oxygen atoms in total. The van der Waals surface area contributed by atoms with Gasteiger partial charge in [-0.3, -0.25) is 10.0 Å². The highest BCUT2D eigenvalue weighted by atomic mass is 16.5. The van der Waals surface area contributed by atoms with Crippen LogP contribution in [-0.2, 0) is 11.2 Å². The lowest BCUT2D eigenvalue weighted by Crippen LogP contribution is -2.17. The van der Waals surface area contributed by atoms with Crippen LogP contribution in [0.15, 0.2) is 6.20 Å². The van der Waals surface area contributed by atoms with Crippen molar-refractivity contribution in [2.75, 3.05) is 12.4 Å². The van der Waals surface area contributed by atoms with Gasteiger partial charge in [0.25, 0.3) is 0 Å². The first-order valence-corrected chi connectivity index (χ1v) is 6.47. The summed E-state index contributed by atoms with van der Waals surface area (Å²) in [7, 11) is 1.79. The molecule has 0 bridgehead atoms. The number of carbonyl (C=O) groups excluding carboxylic acids is 1. The van der Waals surface area contributed by atoms with Crippen LogP contribution >= 0.6 is 0 Å². The van der Waals surface area contributed by atoms with Gasteiger partial charge in [0.2, 0.25) is 11.9 Å². The smallest absolute Gasteiger partial charge is 0.243 e. The predicted octanol–water partition coefficient (Wildman–Crippen LogP) is 0.693. The fourth-order valence-corrected chi connectivity index (χ4v) is 2.02. The number of carbonyl (C=O) groups is 1. The minimum Gasteiger partial charge on any atom is -0.357 e. The number of unbranched alkanes of at least 4 members (excludes halogenated alkanes) is 1. The fraction of sp³-hybridized carbons (Fsp3) is 0.500. The molecule has 0 radical (unpaired) electrons. The van der Waals surface area contributed by atoms with Gasteiger partial charge in [-0.15, -0.1) is 0 Å². The lowest BCUT2D eigenvalue weighted by atomic mass is 10.1. The van der Waals surface area contributed by atoms with Gasteiger partial charge in [-0.1, -0.05) is 0 Å². The minimum absolute atomic E-state index is 0.311. The van der Waals surface area contributed by atoms with Gasteiger partial charge < -0.3 is 5.32 Å². The Morgan fingerprint density at radius 1 is 1.40 bits per heavy atom. The summed E-state index contributed by atoms with van der Waals surface area (Å²) < 4.78 is 1.67. The Hall–Kier alpha value is -2.22. The molecule has 0 saturated heterocycles. The summed E-state index contributed by atoms with van der Waals surface area (Å²) in [4.78, 5) is 19.6. The molecule has 2 aromatic rings. The number of nitrogens with zero attached hydrogens (tertiary/aromatic N) is 4. The van der Waals surface area contributed by atoms with E-state index in [1.54, 1.807) is 23.2 Å². The van der Waals surface area contributed by atoms with Gasteiger partial charge in [0.15, 0.2) is 5.65 Å². The van der Waals surface area contributed by atoms with E-state index in [4.69, 9.17) is 5.21 Å². The number of hydrogen-bond donors (Lipinski definition) is 3. The van der Waals surface area contributed by atoms with Crippen LogP contribution in [0.5, 0.6) is 0 Å². The van der Waals surface area contributed by atoms with Gasteiger partial charge in [-0.2, -0.15) is 14.6 Å². The zero-order valence-corrected chi connectivity index (χ0v) is 11.6. The second-order valence-corrected chi connectivity index (χ2v) is 4.49. The van der Waals surface area contributed by atoms with Crippen molar-refractivity contribution in [2.45, 2.75) is 32.6 Å². The van der Waals surface area contributed by atoms with Crippen LogP contribution in [-0.4, -0.2) is 37.7 Å². The molecule has 20 heavy (non-hydrogen) atoms. The summed E-state index contributed by atoms with van der Waals surface area (Å²) in [5.41, 5.74) is 3.44. The molecule has 0 spiro atoms. The van der Waals surface area contributed by atoms with Crippen LogP contribution in [0.4, 0.5) is 5.95 Å². The molecule has 0 fully saturated rings. The van der Waals surface area contributed by atoms with Crippen LogP contribution in [0.3, 0.4) is 0 Å². The third kappa shape index (κ3) is 3.02. The Morgan fingerprint density at radius 2 is 2.20 bits per heavy atom. The molecule has 2 rings (SSSR count). The van der Waals surface area contributed by atoms with Crippen LogP contribution in [0.25, 0.3) is 5.65 Å². The zero-order valence-electron chi connectivity index (χ0n) is 11.6. The normalized spacial score (nSPS) is 10.8. The number of fused-ring (bicyclic) bond motifs is 1. The van der Waals surface area contributed by atoms with Gasteiger partial charge in [0.05, 0.1) is 6.20 Å². The fourth-order valence-electron chi connectivity index (χ4n) is 2.02. The van der Waals surface area contributed by atoms with Crippen LogP contribution in [0.2, 0.25) is 0 Å². The minimum atomic E-state index is -0.361. The molecule has 108 valence electrons. The van der Waals surface area contributed by atoms with E-state index in [1.165, 1.54) is 0 Å². The van der Waals surface area contributed by atoms with E-state index in [9.17, 15) is 4.79 Å². The average Bonchev–Trinajstić information content (AvgIpc) is 2.85. The van der Waals surface area contributed by atoms with Crippen molar-refractivity contribution in [1.29, 1.82) is 0 Å². The Balaban J connectivity index is 2.07. The molecule has 0 aliphatic carbocycles. The third-order valence-corrected chi connectivity index (χ3v) is 3.00. The molecular formula is C12H18N6O2. The lowest BCUT2D eigenvalue weighted by molar-refractivity contribution is -0.129. The Labute approximate surface area is 116 Å². The molecule has 0 atom stereocenters. The Kier molecular flexibility index (Phi) is 4.46. The quantitative estimate of drug-likeness (QED) is 0.408. The Bertz CT molecular complexity index is 609. The Morgan fingerprint density at radius 3 is 2.90 bits per heavy atom. The third-order valence-electron chi connectivity index (χ3n) is 3.00. The molecule has 8 heteroatoms. The number of nitrogens with one attached hydrogen (secondary N) is 2. The van der Waals surface area contributed by atoms with Crippen LogP contribution in [0, 0.1) is 6.92 Å². The van der Waals surface area contributed by atoms with Crippen molar-refractivity contribution in [3.63, 3.8) is 0 Å². The topological polar surface area (TPSA) is 104 Å². The van der Waals surface area contributed by atoms with Crippen LogP contribution in [0.1, 0.15) is 30.7 Å². The molecule has 2 aromatic heterocycles. The standard InChI is InChI=1S/C12H18N6O2/c1-8-15-11-9(5-3-4-6-10(19)17-20)7-14-18(11)12(13-2)16-8/h7,20H,3-6H2,1-2H3,(H,17,19)(H,13,15,16). The molecule has 0 aromatic carbocycles. The summed E-state index contributed by atoms with van der Waals surface area (Å²) >= 11 is 0. The van der Waals surface area contributed by atoms with Crippen LogP contribution < -0.4 is 10.8 Å². The van der Waals surface area contributed by atoms with E-state index in [0.29, 0.717) is 24.6 Å². The van der Waals surface area contributed by atoms with Gasteiger partial charge in [-0.25, -0.2) is 10.5 Å². The summed E-state index contributed by atoms with van der Waals surface area (Å²) in [6.45, 7) is 1.84. The van der Waals surface area contributed by atoms with E-state index in [0.717, 1.165) is 24.1 Å². The number of anilines is 1. The van der Waals surface area contributed by atoms with Crippen molar-refractivity contribution in [1.82, 2.24) is 25.1 Å². The maximum Gasteiger partial charge on any atom is 0.243 e. The summed E-state index contributed by atoms with van der Waals surface area (Å²) in [6.07, 6.45) is 4.39. The van der Waals surface area contributed by atoms with Crippen molar-refractivity contribution >= 4 is 17.5 Å². The van der Waals surface area contributed by atoms with Gasteiger partial charge in [0, 0.05) is 19.0 Å². The summed E-state index contributed by atoms with van der Waals surface area (Å²) in [6, 6.07) is 0. The molecule has 0 aliphatic rings. The van der Waals surface area contributed by atoms with E-state index < -0.39 is 0 Å². The van der Waals surface area contributed by atoms with Gasteiger partial charge in [-0.05, 0) is 26.2 Å². The zero-order chi connectivity index (χ0) is 14.5. The molecule has 0 unspecified atom stereocenters. The van der Waals surface area contributed by atoms with Crippen molar-refractivity contribution in [3.05, 3.63) is 17.6 Å². The largest absolute Gasteiger partial charge is 0.357 e.